The number of aryl methyl sites for hydroxylation is 1. The van der Waals surface area contributed by atoms with Crippen LogP contribution in [-0.4, -0.2) is 10.5 Å². The summed E-state index contributed by atoms with van der Waals surface area (Å²) in [7, 11) is 0. The fraction of sp³-hybridized carbons (Fsp3) is 0.238. The van der Waals surface area contributed by atoms with E-state index in [9.17, 15) is 4.79 Å². The van der Waals surface area contributed by atoms with Gasteiger partial charge in [0.25, 0.3) is 5.91 Å². The lowest BCUT2D eigenvalue weighted by atomic mass is 10.0. The second-order valence-electron chi connectivity index (χ2n) is 6.34. The topological polar surface area (TPSA) is 34.4 Å². The molecule has 0 N–H and O–H groups in total. The number of fused-ring (bicyclic) bond motifs is 1. The maximum atomic E-state index is 12.5. The van der Waals surface area contributed by atoms with Crippen molar-refractivity contribution in [2.75, 3.05) is 0 Å². The van der Waals surface area contributed by atoms with Crippen molar-refractivity contribution >= 4 is 27.5 Å². The minimum Gasteiger partial charge on any atom is -0.305 e. The van der Waals surface area contributed by atoms with Crippen LogP contribution >= 0.6 is 11.3 Å². The average Bonchev–Trinajstić information content (AvgIpc) is 2.92. The molecule has 1 heterocycles. The van der Waals surface area contributed by atoms with Crippen molar-refractivity contribution in [3.63, 3.8) is 0 Å². The summed E-state index contributed by atoms with van der Waals surface area (Å²) in [6.45, 7) is 6.71. The van der Waals surface area contributed by atoms with Crippen molar-refractivity contribution in [2.45, 2.75) is 33.2 Å². The van der Waals surface area contributed by atoms with Crippen molar-refractivity contribution in [3.05, 3.63) is 64.0 Å². The molecule has 0 aliphatic rings. The molecule has 0 radical (unpaired) electrons. The Morgan fingerprint density at radius 1 is 1.24 bits per heavy atom. The fourth-order valence-corrected chi connectivity index (χ4v) is 3.70. The first kappa shape index (κ1) is 17.2. The molecule has 0 saturated carbocycles. The van der Waals surface area contributed by atoms with E-state index in [1.54, 1.807) is 12.1 Å². The Morgan fingerprint density at radius 3 is 2.60 bits per heavy atom. The van der Waals surface area contributed by atoms with Crippen LogP contribution in [0.4, 0.5) is 0 Å². The summed E-state index contributed by atoms with van der Waals surface area (Å²) in [5.74, 6) is 2.86. The molecular formula is C21H20N2OS. The average molecular weight is 348 g/mol. The monoisotopic (exact) mass is 348 g/mol. The van der Waals surface area contributed by atoms with E-state index < -0.39 is 0 Å². The highest BCUT2D eigenvalue weighted by molar-refractivity contribution is 7.16. The van der Waals surface area contributed by atoms with Gasteiger partial charge in [-0.25, -0.2) is 0 Å². The van der Waals surface area contributed by atoms with E-state index >= 15 is 0 Å². The van der Waals surface area contributed by atoms with Crippen LogP contribution in [0.1, 0.15) is 41.3 Å². The molecule has 25 heavy (non-hydrogen) atoms. The second kappa shape index (κ2) is 7.08. The standard InChI is InChI=1S/C21H20N2OS/c1-5-12-23-18-11-10-17(14(2)3)13-19(18)25-21(23)22-20(24)16-8-6-15(4)7-9-16/h1,6-11,13-14H,12H2,2-4H3. The third-order valence-electron chi connectivity index (χ3n) is 4.12. The summed E-state index contributed by atoms with van der Waals surface area (Å²) in [4.78, 5) is 17.5. The van der Waals surface area contributed by atoms with Gasteiger partial charge in [-0.2, -0.15) is 4.99 Å². The molecule has 3 aromatic rings. The molecule has 0 unspecified atom stereocenters. The quantitative estimate of drug-likeness (QED) is 0.641. The van der Waals surface area contributed by atoms with Gasteiger partial charge in [0, 0.05) is 5.56 Å². The molecule has 0 bridgehead atoms. The molecule has 1 amide bonds. The van der Waals surface area contributed by atoms with Gasteiger partial charge in [0.15, 0.2) is 4.80 Å². The Labute approximate surface area is 151 Å². The lowest BCUT2D eigenvalue weighted by molar-refractivity contribution is 0.0998. The van der Waals surface area contributed by atoms with Crippen molar-refractivity contribution in [2.24, 2.45) is 4.99 Å². The number of hydrogen-bond donors (Lipinski definition) is 0. The van der Waals surface area contributed by atoms with Crippen molar-refractivity contribution in [1.29, 1.82) is 0 Å². The Morgan fingerprint density at radius 2 is 1.96 bits per heavy atom. The zero-order chi connectivity index (χ0) is 18.0. The third kappa shape index (κ3) is 3.57. The summed E-state index contributed by atoms with van der Waals surface area (Å²) in [6, 6.07) is 13.8. The number of benzene rings is 2. The van der Waals surface area contributed by atoms with Gasteiger partial charge in [0.2, 0.25) is 0 Å². The van der Waals surface area contributed by atoms with E-state index in [0.717, 1.165) is 15.8 Å². The van der Waals surface area contributed by atoms with Gasteiger partial charge in [-0.05, 0) is 42.7 Å². The smallest absolute Gasteiger partial charge is 0.279 e. The number of carbonyl (C=O) groups is 1. The van der Waals surface area contributed by atoms with Gasteiger partial charge >= 0.3 is 0 Å². The molecule has 126 valence electrons. The molecule has 0 aliphatic heterocycles. The number of terminal acetylenes is 1. The molecule has 3 rings (SSSR count). The highest BCUT2D eigenvalue weighted by Gasteiger charge is 2.10. The van der Waals surface area contributed by atoms with Crippen LogP contribution < -0.4 is 4.80 Å². The van der Waals surface area contributed by atoms with Crippen LogP contribution in [-0.2, 0) is 6.54 Å². The maximum absolute atomic E-state index is 12.5. The highest BCUT2D eigenvalue weighted by Crippen LogP contribution is 2.23. The van der Waals surface area contributed by atoms with Gasteiger partial charge in [-0.15, -0.1) is 6.42 Å². The zero-order valence-corrected chi connectivity index (χ0v) is 15.4. The van der Waals surface area contributed by atoms with Crippen LogP contribution in [0.25, 0.3) is 10.2 Å². The number of aromatic nitrogens is 1. The van der Waals surface area contributed by atoms with Crippen LogP contribution in [0.3, 0.4) is 0 Å². The molecule has 0 spiro atoms. The van der Waals surface area contributed by atoms with Crippen molar-refractivity contribution in [3.8, 4) is 12.3 Å². The number of carbonyl (C=O) groups excluding carboxylic acids is 1. The highest BCUT2D eigenvalue weighted by atomic mass is 32.1. The normalized spacial score (nSPS) is 11.9. The van der Waals surface area contributed by atoms with Crippen LogP contribution in [0.5, 0.6) is 0 Å². The van der Waals surface area contributed by atoms with E-state index in [1.165, 1.54) is 16.9 Å². The van der Waals surface area contributed by atoms with Crippen molar-refractivity contribution < 1.29 is 4.79 Å². The molecule has 0 aliphatic carbocycles. The van der Waals surface area contributed by atoms with Gasteiger partial charge in [-0.3, -0.25) is 4.79 Å². The predicted molar refractivity (Wildman–Crippen MR) is 104 cm³/mol. The Bertz CT molecular complexity index is 1030. The van der Waals surface area contributed by atoms with E-state index in [0.29, 0.717) is 22.8 Å². The van der Waals surface area contributed by atoms with E-state index in [1.807, 2.05) is 23.6 Å². The molecule has 2 aromatic carbocycles. The van der Waals surface area contributed by atoms with Gasteiger partial charge in [0.1, 0.15) is 0 Å². The van der Waals surface area contributed by atoms with Crippen molar-refractivity contribution in [1.82, 2.24) is 4.57 Å². The van der Waals surface area contributed by atoms with Crippen LogP contribution in [0.15, 0.2) is 47.5 Å². The number of thiazole rings is 1. The number of amides is 1. The molecule has 1 aromatic heterocycles. The van der Waals surface area contributed by atoms with Gasteiger partial charge in [-0.1, -0.05) is 54.9 Å². The summed E-state index contributed by atoms with van der Waals surface area (Å²) < 4.78 is 3.02. The second-order valence-corrected chi connectivity index (χ2v) is 7.35. The first-order valence-electron chi connectivity index (χ1n) is 8.22. The molecule has 0 saturated heterocycles. The van der Waals surface area contributed by atoms with Gasteiger partial charge in [0.05, 0.1) is 16.8 Å². The van der Waals surface area contributed by atoms with E-state index in [-0.39, 0.29) is 5.91 Å². The third-order valence-corrected chi connectivity index (χ3v) is 5.16. The first-order valence-corrected chi connectivity index (χ1v) is 9.03. The van der Waals surface area contributed by atoms with E-state index in [2.05, 4.69) is 43.0 Å². The minimum absolute atomic E-state index is 0.249. The first-order chi connectivity index (χ1) is 12.0. The lowest BCUT2D eigenvalue weighted by Crippen LogP contribution is -2.16. The summed E-state index contributed by atoms with van der Waals surface area (Å²) in [5.41, 5.74) is 3.97. The Kier molecular flexibility index (Phi) is 4.87. The molecule has 0 atom stereocenters. The molecular weight excluding hydrogens is 328 g/mol. The Hall–Kier alpha value is -2.64. The Balaban J connectivity index is 2.13. The minimum atomic E-state index is -0.249. The number of nitrogens with zero attached hydrogens (tertiary/aromatic N) is 2. The summed E-state index contributed by atoms with van der Waals surface area (Å²) in [5, 5.41) is 0. The summed E-state index contributed by atoms with van der Waals surface area (Å²) >= 11 is 1.50. The van der Waals surface area contributed by atoms with Crippen LogP contribution in [0.2, 0.25) is 0 Å². The van der Waals surface area contributed by atoms with Gasteiger partial charge < -0.3 is 4.57 Å². The molecule has 0 fully saturated rings. The predicted octanol–water partition coefficient (Wildman–Crippen LogP) is 4.51. The molecule has 4 heteroatoms. The number of hydrogen-bond acceptors (Lipinski definition) is 2. The lowest BCUT2D eigenvalue weighted by Gasteiger charge is -2.05. The largest absolute Gasteiger partial charge is 0.305 e. The van der Waals surface area contributed by atoms with Crippen LogP contribution in [0, 0.1) is 19.3 Å². The molecule has 3 nitrogen and oxygen atoms in total. The fourth-order valence-electron chi connectivity index (χ4n) is 2.63. The maximum Gasteiger partial charge on any atom is 0.279 e. The SMILES string of the molecule is C#CCn1c(=NC(=O)c2ccc(C)cc2)sc2cc(C(C)C)ccc21. The summed E-state index contributed by atoms with van der Waals surface area (Å²) in [6.07, 6.45) is 5.52. The van der Waals surface area contributed by atoms with E-state index in [4.69, 9.17) is 6.42 Å². The number of rotatable bonds is 3. The zero-order valence-electron chi connectivity index (χ0n) is 14.6.